The maximum absolute atomic E-state index is 13.6. The summed E-state index contributed by atoms with van der Waals surface area (Å²) in [5, 5.41) is 0. The van der Waals surface area contributed by atoms with Gasteiger partial charge in [-0.05, 0) is 12.3 Å². The van der Waals surface area contributed by atoms with E-state index >= 15 is 0 Å². The van der Waals surface area contributed by atoms with Crippen LogP contribution in [-0.2, 0) is 6.54 Å². The standard InChI is InChI=1S/C14H19F2N3/c1-9(2)5-3-4-6-19-12-8-10(15)7-11(16)13(12)18-14(19)17/h7-9H,3-6H2,1-2H3,(H2,17,18). The van der Waals surface area contributed by atoms with Gasteiger partial charge in [-0.1, -0.05) is 26.7 Å². The summed E-state index contributed by atoms with van der Waals surface area (Å²) < 4.78 is 28.5. The average Bonchev–Trinajstić information content (AvgIpc) is 2.62. The molecule has 5 heteroatoms. The van der Waals surface area contributed by atoms with Crippen LogP contribution in [0.3, 0.4) is 0 Å². The second-order valence-corrected chi connectivity index (χ2v) is 5.27. The molecule has 2 N–H and O–H groups in total. The minimum atomic E-state index is -0.664. The number of hydrogen-bond acceptors (Lipinski definition) is 2. The number of fused-ring (bicyclic) bond motifs is 1. The van der Waals surface area contributed by atoms with E-state index in [9.17, 15) is 8.78 Å². The number of nitrogen functional groups attached to an aromatic ring is 1. The highest BCUT2D eigenvalue weighted by atomic mass is 19.1. The Labute approximate surface area is 111 Å². The number of anilines is 1. The maximum atomic E-state index is 13.6. The van der Waals surface area contributed by atoms with Gasteiger partial charge in [0.15, 0.2) is 5.82 Å². The zero-order valence-electron chi connectivity index (χ0n) is 11.3. The normalized spacial score (nSPS) is 11.6. The number of unbranched alkanes of at least 4 members (excludes halogenated alkanes) is 1. The van der Waals surface area contributed by atoms with E-state index < -0.39 is 11.6 Å². The highest BCUT2D eigenvalue weighted by Crippen LogP contribution is 2.23. The molecule has 3 nitrogen and oxygen atoms in total. The summed E-state index contributed by atoms with van der Waals surface area (Å²) in [4.78, 5) is 3.97. The van der Waals surface area contributed by atoms with Gasteiger partial charge in [0.2, 0.25) is 5.95 Å². The van der Waals surface area contributed by atoms with Gasteiger partial charge >= 0.3 is 0 Å². The second-order valence-electron chi connectivity index (χ2n) is 5.27. The van der Waals surface area contributed by atoms with E-state index in [-0.39, 0.29) is 11.5 Å². The Morgan fingerprint density at radius 1 is 1.26 bits per heavy atom. The van der Waals surface area contributed by atoms with Crippen LogP contribution in [0.5, 0.6) is 0 Å². The zero-order valence-corrected chi connectivity index (χ0v) is 11.3. The van der Waals surface area contributed by atoms with Crippen molar-refractivity contribution in [1.29, 1.82) is 0 Å². The lowest BCUT2D eigenvalue weighted by Crippen LogP contribution is -2.04. The molecule has 0 saturated carbocycles. The third-order valence-corrected chi connectivity index (χ3v) is 3.21. The fraction of sp³-hybridized carbons (Fsp3) is 0.500. The molecule has 0 saturated heterocycles. The summed E-state index contributed by atoms with van der Waals surface area (Å²) >= 11 is 0. The van der Waals surface area contributed by atoms with Crippen molar-refractivity contribution in [3.8, 4) is 0 Å². The van der Waals surface area contributed by atoms with Gasteiger partial charge < -0.3 is 10.3 Å². The van der Waals surface area contributed by atoms with Crippen molar-refractivity contribution < 1.29 is 8.78 Å². The molecule has 0 atom stereocenters. The van der Waals surface area contributed by atoms with Gasteiger partial charge in [0.1, 0.15) is 11.3 Å². The van der Waals surface area contributed by atoms with E-state index in [1.165, 1.54) is 6.07 Å². The van der Waals surface area contributed by atoms with Gasteiger partial charge in [0.05, 0.1) is 5.52 Å². The highest BCUT2D eigenvalue weighted by molar-refractivity contribution is 5.79. The van der Waals surface area contributed by atoms with Gasteiger partial charge in [-0.25, -0.2) is 13.8 Å². The Bertz CT molecular complexity index is 576. The molecule has 104 valence electrons. The van der Waals surface area contributed by atoms with Gasteiger partial charge in [0.25, 0.3) is 0 Å². The summed E-state index contributed by atoms with van der Waals surface area (Å²) in [5.41, 5.74) is 6.35. The minimum absolute atomic E-state index is 0.141. The zero-order chi connectivity index (χ0) is 14.0. The Morgan fingerprint density at radius 2 is 2.00 bits per heavy atom. The molecular weight excluding hydrogens is 248 g/mol. The first-order chi connectivity index (χ1) is 8.99. The van der Waals surface area contributed by atoms with Crippen LogP contribution in [0.2, 0.25) is 0 Å². The molecular formula is C14H19F2N3. The number of aryl methyl sites for hydroxylation is 1. The van der Waals surface area contributed by atoms with Gasteiger partial charge in [-0.15, -0.1) is 0 Å². The highest BCUT2D eigenvalue weighted by Gasteiger charge is 2.13. The SMILES string of the molecule is CC(C)CCCCn1c(N)nc2c(F)cc(F)cc21. The predicted octanol–water partition coefficient (Wildman–Crippen LogP) is 3.72. The van der Waals surface area contributed by atoms with Crippen LogP contribution in [0.4, 0.5) is 14.7 Å². The number of rotatable bonds is 5. The summed E-state index contributed by atoms with van der Waals surface area (Å²) in [6, 6.07) is 2.11. The number of nitrogens with zero attached hydrogens (tertiary/aromatic N) is 2. The molecule has 0 amide bonds. The summed E-state index contributed by atoms with van der Waals surface area (Å²) in [5.74, 6) is -0.369. The van der Waals surface area contributed by atoms with Crippen LogP contribution in [0.25, 0.3) is 11.0 Å². The Kier molecular flexibility index (Phi) is 4.02. The maximum Gasteiger partial charge on any atom is 0.201 e. The van der Waals surface area contributed by atoms with E-state index in [4.69, 9.17) is 5.73 Å². The first-order valence-corrected chi connectivity index (χ1v) is 6.59. The third-order valence-electron chi connectivity index (χ3n) is 3.21. The Balaban J connectivity index is 2.20. The molecule has 1 aromatic carbocycles. The summed E-state index contributed by atoms with van der Waals surface area (Å²) in [7, 11) is 0. The summed E-state index contributed by atoms with van der Waals surface area (Å²) in [6.07, 6.45) is 3.12. The van der Waals surface area contributed by atoms with Crippen LogP contribution < -0.4 is 5.73 Å². The van der Waals surface area contributed by atoms with Crippen molar-refractivity contribution in [2.75, 3.05) is 5.73 Å². The lowest BCUT2D eigenvalue weighted by atomic mass is 10.1. The Hall–Kier alpha value is -1.65. The molecule has 0 fully saturated rings. The number of halogens is 2. The van der Waals surface area contributed by atoms with E-state index in [1.54, 1.807) is 4.57 Å². The van der Waals surface area contributed by atoms with Crippen molar-refractivity contribution in [2.45, 2.75) is 39.7 Å². The van der Waals surface area contributed by atoms with Crippen molar-refractivity contribution in [2.24, 2.45) is 5.92 Å². The molecule has 1 heterocycles. The van der Waals surface area contributed by atoms with Crippen molar-refractivity contribution in [1.82, 2.24) is 9.55 Å². The first-order valence-electron chi connectivity index (χ1n) is 6.59. The van der Waals surface area contributed by atoms with E-state index in [2.05, 4.69) is 18.8 Å². The minimum Gasteiger partial charge on any atom is -0.369 e. The molecule has 0 unspecified atom stereocenters. The largest absolute Gasteiger partial charge is 0.369 e. The molecule has 19 heavy (non-hydrogen) atoms. The number of aromatic nitrogens is 2. The number of hydrogen-bond donors (Lipinski definition) is 1. The molecule has 0 bridgehead atoms. The van der Waals surface area contributed by atoms with Gasteiger partial charge in [-0.3, -0.25) is 0 Å². The Morgan fingerprint density at radius 3 is 2.68 bits per heavy atom. The van der Waals surface area contributed by atoms with Gasteiger partial charge in [0, 0.05) is 18.7 Å². The van der Waals surface area contributed by atoms with Crippen LogP contribution in [0, 0.1) is 17.6 Å². The lowest BCUT2D eigenvalue weighted by molar-refractivity contribution is 0.514. The van der Waals surface area contributed by atoms with E-state index in [1.807, 2.05) is 0 Å². The smallest absolute Gasteiger partial charge is 0.201 e. The number of benzene rings is 1. The number of nitrogens with two attached hydrogens (primary N) is 1. The van der Waals surface area contributed by atoms with Crippen molar-refractivity contribution in [3.05, 3.63) is 23.8 Å². The molecule has 0 aliphatic carbocycles. The molecule has 1 aromatic heterocycles. The van der Waals surface area contributed by atoms with Crippen LogP contribution in [-0.4, -0.2) is 9.55 Å². The topological polar surface area (TPSA) is 43.8 Å². The van der Waals surface area contributed by atoms with Crippen molar-refractivity contribution in [3.63, 3.8) is 0 Å². The summed E-state index contributed by atoms with van der Waals surface area (Å²) in [6.45, 7) is 4.98. The molecule has 0 radical (unpaired) electrons. The fourth-order valence-electron chi connectivity index (χ4n) is 2.22. The molecule has 0 aliphatic heterocycles. The fourth-order valence-corrected chi connectivity index (χ4v) is 2.22. The third kappa shape index (κ3) is 3.03. The van der Waals surface area contributed by atoms with E-state index in [0.29, 0.717) is 18.0 Å². The van der Waals surface area contributed by atoms with Crippen LogP contribution >= 0.6 is 0 Å². The molecule has 2 aromatic rings. The van der Waals surface area contributed by atoms with Crippen LogP contribution in [0.1, 0.15) is 33.1 Å². The van der Waals surface area contributed by atoms with Crippen LogP contribution in [0.15, 0.2) is 12.1 Å². The van der Waals surface area contributed by atoms with E-state index in [0.717, 1.165) is 25.3 Å². The molecule has 2 rings (SSSR count). The van der Waals surface area contributed by atoms with Gasteiger partial charge in [-0.2, -0.15) is 0 Å². The first kappa shape index (κ1) is 13.8. The average molecular weight is 267 g/mol. The quantitative estimate of drug-likeness (QED) is 0.839. The molecule has 0 spiro atoms. The number of imidazole rings is 1. The molecule has 0 aliphatic rings. The second kappa shape index (κ2) is 5.55. The van der Waals surface area contributed by atoms with Crippen molar-refractivity contribution >= 4 is 17.0 Å². The monoisotopic (exact) mass is 267 g/mol. The predicted molar refractivity (Wildman–Crippen MR) is 72.8 cm³/mol. The lowest BCUT2D eigenvalue weighted by Gasteiger charge is -2.08.